The maximum atomic E-state index is 5.58. The first-order chi connectivity index (χ1) is 8.67. The summed E-state index contributed by atoms with van der Waals surface area (Å²) in [6.07, 6.45) is 0.768. The second-order valence-electron chi connectivity index (χ2n) is 4.00. The van der Waals surface area contributed by atoms with Crippen molar-refractivity contribution in [1.29, 1.82) is 0 Å². The minimum Gasteiger partial charge on any atom is -0.497 e. The van der Waals surface area contributed by atoms with Gasteiger partial charge in [0.05, 0.1) is 23.0 Å². The Balaban J connectivity index is 2.43. The lowest BCUT2D eigenvalue weighted by molar-refractivity contribution is 0.415. The van der Waals surface area contributed by atoms with Crippen molar-refractivity contribution in [2.24, 2.45) is 12.8 Å². The van der Waals surface area contributed by atoms with Gasteiger partial charge in [-0.2, -0.15) is 5.10 Å². The summed E-state index contributed by atoms with van der Waals surface area (Å²) in [7, 11) is 3.60. The van der Waals surface area contributed by atoms with Crippen molar-refractivity contribution < 1.29 is 4.74 Å². The maximum Gasteiger partial charge on any atom is 0.118 e. The highest BCUT2D eigenvalue weighted by molar-refractivity contribution is 9.10. The molecule has 2 aromatic rings. The van der Waals surface area contributed by atoms with Crippen LogP contribution in [0.1, 0.15) is 5.69 Å². The molecule has 0 aliphatic heterocycles. The standard InChI is InChI=1S/C13H16BrN3O/c1-17-13(12(14)11(16-17)7-8-15)9-3-5-10(18-2)6-4-9/h3-6H,7-8,15H2,1-2H3. The molecular formula is C13H16BrN3O. The Morgan fingerprint density at radius 1 is 1.33 bits per heavy atom. The van der Waals surface area contributed by atoms with Gasteiger partial charge in [0.2, 0.25) is 0 Å². The molecule has 96 valence electrons. The van der Waals surface area contributed by atoms with Gasteiger partial charge in [-0.3, -0.25) is 4.68 Å². The number of hydrogen-bond donors (Lipinski definition) is 1. The van der Waals surface area contributed by atoms with Gasteiger partial charge in [-0.1, -0.05) is 0 Å². The van der Waals surface area contributed by atoms with Gasteiger partial charge in [-0.05, 0) is 46.7 Å². The Morgan fingerprint density at radius 2 is 2.00 bits per heavy atom. The van der Waals surface area contributed by atoms with Crippen LogP contribution in [0.25, 0.3) is 11.3 Å². The zero-order valence-corrected chi connectivity index (χ0v) is 12.1. The summed E-state index contributed by atoms with van der Waals surface area (Å²) in [6, 6.07) is 7.93. The molecule has 1 aromatic heterocycles. The second-order valence-corrected chi connectivity index (χ2v) is 4.79. The van der Waals surface area contributed by atoms with Crippen LogP contribution in [0.2, 0.25) is 0 Å². The van der Waals surface area contributed by atoms with E-state index in [9.17, 15) is 0 Å². The zero-order chi connectivity index (χ0) is 13.1. The van der Waals surface area contributed by atoms with Crippen LogP contribution in [0, 0.1) is 0 Å². The van der Waals surface area contributed by atoms with Crippen LogP contribution in [0.3, 0.4) is 0 Å². The Morgan fingerprint density at radius 3 is 2.56 bits per heavy atom. The second kappa shape index (κ2) is 5.54. The van der Waals surface area contributed by atoms with Crippen molar-refractivity contribution in [3.05, 3.63) is 34.4 Å². The molecule has 0 aliphatic carbocycles. The third-order valence-corrected chi connectivity index (χ3v) is 3.63. The molecule has 5 heteroatoms. The van der Waals surface area contributed by atoms with E-state index in [1.165, 1.54) is 0 Å². The number of aryl methyl sites for hydroxylation is 1. The van der Waals surface area contributed by atoms with E-state index in [1.54, 1.807) is 7.11 Å². The van der Waals surface area contributed by atoms with Crippen LogP contribution in [0.15, 0.2) is 28.7 Å². The van der Waals surface area contributed by atoms with Crippen LogP contribution in [-0.2, 0) is 13.5 Å². The van der Waals surface area contributed by atoms with Gasteiger partial charge in [0.15, 0.2) is 0 Å². The lowest BCUT2D eigenvalue weighted by Gasteiger charge is -2.04. The molecule has 0 aliphatic rings. The SMILES string of the molecule is COc1ccc(-c2c(Br)c(CCN)nn2C)cc1. The number of rotatable bonds is 4. The van der Waals surface area contributed by atoms with Gasteiger partial charge in [0.1, 0.15) is 5.75 Å². The van der Waals surface area contributed by atoms with Gasteiger partial charge in [-0.15, -0.1) is 0 Å². The molecule has 18 heavy (non-hydrogen) atoms. The predicted octanol–water partition coefficient (Wildman–Crippen LogP) is 2.36. The van der Waals surface area contributed by atoms with E-state index in [2.05, 4.69) is 21.0 Å². The number of nitrogens with zero attached hydrogens (tertiary/aromatic N) is 2. The van der Waals surface area contributed by atoms with Gasteiger partial charge < -0.3 is 10.5 Å². The predicted molar refractivity (Wildman–Crippen MR) is 75.7 cm³/mol. The minimum absolute atomic E-state index is 0.595. The first kappa shape index (κ1) is 13.1. The molecule has 0 atom stereocenters. The molecule has 0 saturated carbocycles. The van der Waals surface area contributed by atoms with E-state index in [0.717, 1.165) is 33.6 Å². The van der Waals surface area contributed by atoms with E-state index in [0.29, 0.717) is 6.54 Å². The number of halogens is 1. The fraction of sp³-hybridized carbons (Fsp3) is 0.308. The molecule has 4 nitrogen and oxygen atoms in total. The average molecular weight is 310 g/mol. The Hall–Kier alpha value is -1.33. The van der Waals surface area contributed by atoms with Crippen molar-refractivity contribution in [3.8, 4) is 17.0 Å². The van der Waals surface area contributed by atoms with E-state index in [4.69, 9.17) is 10.5 Å². The highest BCUT2D eigenvalue weighted by Crippen LogP contribution is 2.31. The first-order valence-electron chi connectivity index (χ1n) is 5.73. The van der Waals surface area contributed by atoms with Crippen molar-refractivity contribution in [2.75, 3.05) is 13.7 Å². The number of hydrogen-bond acceptors (Lipinski definition) is 3. The minimum atomic E-state index is 0.595. The van der Waals surface area contributed by atoms with Crippen molar-refractivity contribution in [2.45, 2.75) is 6.42 Å². The van der Waals surface area contributed by atoms with Crippen LogP contribution >= 0.6 is 15.9 Å². The summed E-state index contributed by atoms with van der Waals surface area (Å²) in [5.41, 5.74) is 8.72. The lowest BCUT2D eigenvalue weighted by atomic mass is 10.1. The zero-order valence-electron chi connectivity index (χ0n) is 10.5. The van der Waals surface area contributed by atoms with Gasteiger partial charge in [-0.25, -0.2) is 0 Å². The summed E-state index contributed by atoms with van der Waals surface area (Å²) in [5.74, 6) is 0.847. The normalized spacial score (nSPS) is 10.7. The topological polar surface area (TPSA) is 53.1 Å². The van der Waals surface area contributed by atoms with Crippen LogP contribution in [0.4, 0.5) is 0 Å². The molecule has 2 rings (SSSR count). The van der Waals surface area contributed by atoms with Crippen LogP contribution in [0.5, 0.6) is 5.75 Å². The molecule has 0 radical (unpaired) electrons. The van der Waals surface area contributed by atoms with Crippen molar-refractivity contribution in [3.63, 3.8) is 0 Å². The van der Waals surface area contributed by atoms with Crippen LogP contribution in [-0.4, -0.2) is 23.4 Å². The molecule has 0 fully saturated rings. The fourth-order valence-corrected chi connectivity index (χ4v) is 2.68. The third-order valence-electron chi connectivity index (χ3n) is 2.80. The monoisotopic (exact) mass is 309 g/mol. The molecule has 2 N–H and O–H groups in total. The summed E-state index contributed by atoms with van der Waals surface area (Å²) in [5, 5.41) is 4.48. The number of ether oxygens (including phenoxy) is 1. The molecule has 1 aromatic carbocycles. The molecule has 0 spiro atoms. The van der Waals surface area contributed by atoms with E-state index >= 15 is 0 Å². The van der Waals surface area contributed by atoms with Crippen molar-refractivity contribution >= 4 is 15.9 Å². The Bertz CT molecular complexity index is 534. The van der Waals surface area contributed by atoms with Gasteiger partial charge in [0.25, 0.3) is 0 Å². The lowest BCUT2D eigenvalue weighted by Crippen LogP contribution is -2.04. The van der Waals surface area contributed by atoms with E-state index < -0.39 is 0 Å². The Kier molecular flexibility index (Phi) is 4.04. The molecule has 0 saturated heterocycles. The summed E-state index contributed by atoms with van der Waals surface area (Å²) in [6.45, 7) is 0.595. The summed E-state index contributed by atoms with van der Waals surface area (Å²) >= 11 is 3.61. The number of benzene rings is 1. The van der Waals surface area contributed by atoms with Crippen LogP contribution < -0.4 is 10.5 Å². The molecule has 0 unspecified atom stereocenters. The maximum absolute atomic E-state index is 5.58. The highest BCUT2D eigenvalue weighted by atomic mass is 79.9. The smallest absolute Gasteiger partial charge is 0.118 e. The fourth-order valence-electron chi connectivity index (χ4n) is 1.91. The molecule has 0 amide bonds. The molecule has 1 heterocycles. The van der Waals surface area contributed by atoms with E-state index in [-0.39, 0.29) is 0 Å². The van der Waals surface area contributed by atoms with E-state index in [1.807, 2.05) is 36.0 Å². The largest absolute Gasteiger partial charge is 0.497 e. The highest BCUT2D eigenvalue weighted by Gasteiger charge is 2.14. The van der Waals surface area contributed by atoms with Crippen molar-refractivity contribution in [1.82, 2.24) is 9.78 Å². The quantitative estimate of drug-likeness (QED) is 0.943. The number of aromatic nitrogens is 2. The average Bonchev–Trinajstić information content (AvgIpc) is 2.65. The Labute approximate surface area is 115 Å². The number of methoxy groups -OCH3 is 1. The third kappa shape index (κ3) is 2.42. The first-order valence-corrected chi connectivity index (χ1v) is 6.52. The molecular weight excluding hydrogens is 294 g/mol. The van der Waals surface area contributed by atoms with Gasteiger partial charge in [0, 0.05) is 19.0 Å². The summed E-state index contributed by atoms with van der Waals surface area (Å²) in [4.78, 5) is 0. The molecule has 0 bridgehead atoms. The number of nitrogens with two attached hydrogens (primary N) is 1. The summed E-state index contributed by atoms with van der Waals surface area (Å²) < 4.78 is 8.04. The van der Waals surface area contributed by atoms with Gasteiger partial charge >= 0.3 is 0 Å².